The van der Waals surface area contributed by atoms with Gasteiger partial charge in [0.25, 0.3) is 0 Å². The Kier molecular flexibility index (Phi) is 5.38. The van der Waals surface area contributed by atoms with Gasteiger partial charge in [-0.2, -0.15) is 5.10 Å². The van der Waals surface area contributed by atoms with Crippen molar-refractivity contribution in [1.29, 1.82) is 0 Å². The largest absolute Gasteiger partial charge is 0.374 e. The maximum atomic E-state index is 12.3. The smallest absolute Gasteiger partial charge is 0.315 e. The van der Waals surface area contributed by atoms with Crippen LogP contribution in [0.5, 0.6) is 0 Å². The Morgan fingerprint density at radius 3 is 2.96 bits per heavy atom. The van der Waals surface area contributed by atoms with E-state index in [0.29, 0.717) is 13.2 Å². The van der Waals surface area contributed by atoms with Crippen molar-refractivity contribution in [2.75, 3.05) is 6.61 Å². The summed E-state index contributed by atoms with van der Waals surface area (Å²) in [6.45, 7) is 4.92. The number of H-pyrrole nitrogens is 1. The Bertz CT molecular complexity index is 696. The molecule has 0 unspecified atom stereocenters. The summed E-state index contributed by atoms with van der Waals surface area (Å²) in [7, 11) is 0. The fraction of sp³-hybridized carbons (Fsp3) is 0.474. The van der Waals surface area contributed by atoms with E-state index >= 15 is 0 Å². The van der Waals surface area contributed by atoms with Gasteiger partial charge in [0.2, 0.25) is 0 Å². The normalized spacial score (nSPS) is 17.0. The van der Waals surface area contributed by atoms with Gasteiger partial charge < -0.3 is 15.4 Å². The predicted molar refractivity (Wildman–Crippen MR) is 96.2 cm³/mol. The summed E-state index contributed by atoms with van der Waals surface area (Å²) in [4.78, 5) is 12.3. The standard InChI is InChI=1S/C19H26N4O2/c1-19(2,13-25-12-14-6-4-3-5-7-14)22-18(24)21-16-8-9-17-15(10-16)11-20-23-17/h3-7,11,16H,8-10,12-13H2,1-2H3,(H,20,23)(H2,21,22,24)/t16-/m0/s1. The third-order valence-electron chi connectivity index (χ3n) is 4.38. The molecule has 3 N–H and O–H groups in total. The molecule has 1 aromatic heterocycles. The number of fused-ring (bicyclic) bond motifs is 1. The molecule has 2 amide bonds. The van der Waals surface area contributed by atoms with Crippen LogP contribution in [0, 0.1) is 0 Å². The van der Waals surface area contributed by atoms with Gasteiger partial charge in [-0.15, -0.1) is 0 Å². The summed E-state index contributed by atoms with van der Waals surface area (Å²) < 4.78 is 5.76. The van der Waals surface area contributed by atoms with Crippen molar-refractivity contribution in [1.82, 2.24) is 20.8 Å². The topological polar surface area (TPSA) is 79.0 Å². The highest BCUT2D eigenvalue weighted by atomic mass is 16.5. The van der Waals surface area contributed by atoms with Crippen molar-refractivity contribution in [3.63, 3.8) is 0 Å². The number of amides is 2. The number of rotatable bonds is 6. The molecular weight excluding hydrogens is 316 g/mol. The molecule has 0 spiro atoms. The molecule has 0 saturated carbocycles. The van der Waals surface area contributed by atoms with Crippen LogP contribution in [-0.2, 0) is 24.2 Å². The zero-order valence-corrected chi connectivity index (χ0v) is 14.8. The van der Waals surface area contributed by atoms with Gasteiger partial charge in [0.15, 0.2) is 0 Å². The summed E-state index contributed by atoms with van der Waals surface area (Å²) in [6.07, 6.45) is 4.52. The van der Waals surface area contributed by atoms with Crippen LogP contribution in [0.1, 0.15) is 37.1 Å². The zero-order valence-electron chi connectivity index (χ0n) is 14.8. The number of benzene rings is 1. The van der Waals surface area contributed by atoms with Crippen molar-refractivity contribution in [2.24, 2.45) is 0 Å². The molecule has 25 heavy (non-hydrogen) atoms. The molecule has 1 heterocycles. The van der Waals surface area contributed by atoms with E-state index in [1.165, 1.54) is 11.3 Å². The van der Waals surface area contributed by atoms with Gasteiger partial charge in [-0.3, -0.25) is 5.10 Å². The van der Waals surface area contributed by atoms with E-state index < -0.39 is 5.54 Å². The molecule has 1 aliphatic rings. The van der Waals surface area contributed by atoms with E-state index in [1.807, 2.05) is 50.4 Å². The van der Waals surface area contributed by atoms with Gasteiger partial charge in [0.1, 0.15) is 0 Å². The van der Waals surface area contributed by atoms with Crippen LogP contribution in [0.2, 0.25) is 0 Å². The minimum atomic E-state index is -0.436. The van der Waals surface area contributed by atoms with Gasteiger partial charge in [0, 0.05) is 11.7 Å². The molecule has 6 nitrogen and oxygen atoms in total. The SMILES string of the molecule is CC(C)(COCc1ccccc1)NC(=O)N[C@H]1CCc2[nH]ncc2C1. The highest BCUT2D eigenvalue weighted by Crippen LogP contribution is 2.18. The maximum Gasteiger partial charge on any atom is 0.315 e. The van der Waals surface area contributed by atoms with Gasteiger partial charge in [-0.25, -0.2) is 4.79 Å². The van der Waals surface area contributed by atoms with E-state index in [1.54, 1.807) is 0 Å². The zero-order chi connectivity index (χ0) is 17.7. The van der Waals surface area contributed by atoms with Crippen molar-refractivity contribution in [3.05, 3.63) is 53.3 Å². The maximum absolute atomic E-state index is 12.3. The fourth-order valence-corrected chi connectivity index (χ4v) is 3.10. The molecule has 0 bridgehead atoms. The summed E-state index contributed by atoms with van der Waals surface area (Å²) in [5, 5.41) is 13.2. The molecule has 2 aromatic rings. The summed E-state index contributed by atoms with van der Waals surface area (Å²) in [5.74, 6) is 0. The highest BCUT2D eigenvalue weighted by molar-refractivity contribution is 5.75. The molecule has 134 valence electrons. The number of hydrogen-bond donors (Lipinski definition) is 3. The van der Waals surface area contributed by atoms with Crippen LogP contribution in [-0.4, -0.2) is 34.4 Å². The first-order valence-corrected chi connectivity index (χ1v) is 8.73. The summed E-state index contributed by atoms with van der Waals surface area (Å²) in [6, 6.07) is 10.0. The van der Waals surface area contributed by atoms with E-state index in [-0.39, 0.29) is 12.1 Å². The minimum Gasteiger partial charge on any atom is -0.374 e. The van der Waals surface area contributed by atoms with Crippen molar-refractivity contribution < 1.29 is 9.53 Å². The number of nitrogens with one attached hydrogen (secondary N) is 3. The highest BCUT2D eigenvalue weighted by Gasteiger charge is 2.25. The summed E-state index contributed by atoms with van der Waals surface area (Å²) in [5.41, 5.74) is 3.07. The summed E-state index contributed by atoms with van der Waals surface area (Å²) >= 11 is 0. The molecule has 0 radical (unpaired) electrons. The van der Waals surface area contributed by atoms with Crippen LogP contribution < -0.4 is 10.6 Å². The minimum absolute atomic E-state index is 0.145. The first kappa shape index (κ1) is 17.5. The van der Waals surface area contributed by atoms with Crippen LogP contribution in [0.3, 0.4) is 0 Å². The average molecular weight is 342 g/mol. The lowest BCUT2D eigenvalue weighted by Gasteiger charge is -2.29. The Morgan fingerprint density at radius 1 is 1.36 bits per heavy atom. The molecule has 0 saturated heterocycles. The van der Waals surface area contributed by atoms with Crippen LogP contribution in [0.15, 0.2) is 36.5 Å². The van der Waals surface area contributed by atoms with Crippen molar-refractivity contribution >= 4 is 6.03 Å². The van der Waals surface area contributed by atoms with E-state index in [0.717, 1.165) is 24.8 Å². The number of carbonyl (C=O) groups is 1. The number of carbonyl (C=O) groups excluding carboxylic acids is 1. The lowest BCUT2D eigenvalue weighted by Crippen LogP contribution is -2.53. The number of ether oxygens (including phenoxy) is 1. The van der Waals surface area contributed by atoms with Gasteiger partial charge in [0.05, 0.1) is 24.9 Å². The van der Waals surface area contributed by atoms with Crippen LogP contribution >= 0.6 is 0 Å². The molecule has 0 aliphatic heterocycles. The number of nitrogens with zero attached hydrogens (tertiary/aromatic N) is 1. The Hall–Kier alpha value is -2.34. The number of aryl methyl sites for hydroxylation is 1. The second-order valence-electron chi connectivity index (χ2n) is 7.27. The molecule has 1 aromatic carbocycles. The fourth-order valence-electron chi connectivity index (χ4n) is 3.10. The molecule has 1 aliphatic carbocycles. The first-order valence-electron chi connectivity index (χ1n) is 8.73. The molecule has 1 atom stereocenters. The van der Waals surface area contributed by atoms with Gasteiger partial charge >= 0.3 is 6.03 Å². The van der Waals surface area contributed by atoms with E-state index in [9.17, 15) is 4.79 Å². The van der Waals surface area contributed by atoms with Crippen molar-refractivity contribution in [2.45, 2.75) is 51.3 Å². The molecule has 0 fully saturated rings. The van der Waals surface area contributed by atoms with Crippen molar-refractivity contribution in [3.8, 4) is 0 Å². The third-order valence-corrected chi connectivity index (χ3v) is 4.38. The molecule has 6 heteroatoms. The van der Waals surface area contributed by atoms with Gasteiger partial charge in [-0.05, 0) is 44.2 Å². The Labute approximate surface area is 148 Å². The van der Waals surface area contributed by atoms with E-state index in [4.69, 9.17) is 4.74 Å². The third kappa shape index (κ3) is 5.06. The average Bonchev–Trinajstić information content (AvgIpc) is 3.02. The van der Waals surface area contributed by atoms with Gasteiger partial charge in [-0.1, -0.05) is 30.3 Å². The number of hydrogen-bond acceptors (Lipinski definition) is 3. The number of aromatic nitrogens is 2. The molecular formula is C19H26N4O2. The quantitative estimate of drug-likeness (QED) is 0.755. The second-order valence-corrected chi connectivity index (χ2v) is 7.27. The predicted octanol–water partition coefficient (Wildman–Crippen LogP) is 2.56. The Morgan fingerprint density at radius 2 is 2.16 bits per heavy atom. The van der Waals surface area contributed by atoms with Crippen LogP contribution in [0.4, 0.5) is 4.79 Å². The molecule has 3 rings (SSSR count). The monoisotopic (exact) mass is 342 g/mol. The van der Waals surface area contributed by atoms with Crippen LogP contribution in [0.25, 0.3) is 0 Å². The Balaban J connectivity index is 1.42. The lowest BCUT2D eigenvalue weighted by molar-refractivity contribution is 0.0741. The number of aromatic amines is 1. The van der Waals surface area contributed by atoms with E-state index in [2.05, 4.69) is 20.8 Å². The number of urea groups is 1. The lowest BCUT2D eigenvalue weighted by atomic mass is 9.94. The first-order chi connectivity index (χ1) is 12.0. The second kappa shape index (κ2) is 7.70.